The van der Waals surface area contributed by atoms with Gasteiger partial charge in [0.1, 0.15) is 0 Å². The van der Waals surface area contributed by atoms with Crippen molar-refractivity contribution in [2.45, 2.75) is 57.9 Å². The van der Waals surface area contributed by atoms with Gasteiger partial charge in [-0.3, -0.25) is 0 Å². The zero-order valence-corrected chi connectivity index (χ0v) is 12.9. The van der Waals surface area contributed by atoms with E-state index in [1.807, 2.05) is 0 Å². The fourth-order valence-electron chi connectivity index (χ4n) is 4.63. The van der Waals surface area contributed by atoms with Crippen molar-refractivity contribution in [3.8, 4) is 0 Å². The molecule has 0 heterocycles. The van der Waals surface area contributed by atoms with Crippen LogP contribution in [0.25, 0.3) is 0 Å². The summed E-state index contributed by atoms with van der Waals surface area (Å²) in [5, 5.41) is 3.66. The van der Waals surface area contributed by atoms with Crippen molar-refractivity contribution in [2.24, 2.45) is 17.8 Å². The molecule has 1 aromatic rings. The lowest BCUT2D eigenvalue weighted by atomic mass is 9.84. The molecule has 2 aliphatic carbocycles. The third-order valence-corrected chi connectivity index (χ3v) is 5.60. The number of fused-ring (bicyclic) bond motifs is 2. The molecule has 1 N–H and O–H groups in total. The van der Waals surface area contributed by atoms with Crippen molar-refractivity contribution in [1.29, 1.82) is 0 Å². The molecule has 2 aliphatic rings. The molecule has 0 saturated heterocycles. The van der Waals surface area contributed by atoms with Gasteiger partial charge in [0.25, 0.3) is 0 Å². The summed E-state index contributed by atoms with van der Waals surface area (Å²) in [4.78, 5) is 0. The predicted molar refractivity (Wildman–Crippen MR) is 85.6 cm³/mol. The van der Waals surface area contributed by atoms with Crippen molar-refractivity contribution in [2.75, 3.05) is 6.54 Å². The van der Waals surface area contributed by atoms with Crippen LogP contribution in [-0.2, 0) is 0 Å². The maximum Gasteiger partial charge on any atom is 0.0320 e. The molecule has 110 valence electrons. The third kappa shape index (κ3) is 3.25. The van der Waals surface area contributed by atoms with Gasteiger partial charge in [-0.15, -0.1) is 0 Å². The Morgan fingerprint density at radius 2 is 2.00 bits per heavy atom. The molecule has 0 aromatic heterocycles. The molecular formula is C19H29N. The fraction of sp³-hybridized carbons (Fsp3) is 0.684. The Bertz CT molecular complexity index is 399. The molecule has 0 radical (unpaired) electrons. The van der Waals surface area contributed by atoms with E-state index in [1.165, 1.54) is 37.7 Å². The Labute approximate surface area is 124 Å². The van der Waals surface area contributed by atoms with Crippen LogP contribution in [0.3, 0.4) is 0 Å². The smallest absolute Gasteiger partial charge is 0.0320 e. The van der Waals surface area contributed by atoms with E-state index >= 15 is 0 Å². The average molecular weight is 271 g/mol. The number of hydrogen-bond acceptors (Lipinski definition) is 1. The van der Waals surface area contributed by atoms with Gasteiger partial charge in [-0.2, -0.15) is 0 Å². The van der Waals surface area contributed by atoms with E-state index in [9.17, 15) is 0 Å². The van der Waals surface area contributed by atoms with E-state index in [4.69, 9.17) is 0 Å². The molecule has 1 aromatic carbocycles. The van der Waals surface area contributed by atoms with E-state index in [2.05, 4.69) is 42.6 Å². The van der Waals surface area contributed by atoms with Crippen LogP contribution in [-0.4, -0.2) is 6.54 Å². The van der Waals surface area contributed by atoms with Crippen LogP contribution in [0.15, 0.2) is 30.3 Å². The lowest BCUT2D eigenvalue weighted by molar-refractivity contribution is 0.300. The standard InChI is InChI=1S/C19H29N/c1-2-20-19(16-7-4-3-5-8-16)10-6-9-17-13-15-11-12-18(17)14-15/h3-5,7-8,15,17-20H,2,6,9-14H2,1H3. The third-order valence-electron chi connectivity index (χ3n) is 5.60. The molecule has 20 heavy (non-hydrogen) atoms. The van der Waals surface area contributed by atoms with Crippen LogP contribution in [0, 0.1) is 17.8 Å². The molecule has 3 rings (SSSR count). The predicted octanol–water partition coefficient (Wildman–Crippen LogP) is 4.94. The van der Waals surface area contributed by atoms with Gasteiger partial charge in [0.15, 0.2) is 0 Å². The second-order valence-electron chi connectivity index (χ2n) is 6.89. The van der Waals surface area contributed by atoms with E-state index < -0.39 is 0 Å². The summed E-state index contributed by atoms with van der Waals surface area (Å²) in [5.41, 5.74) is 1.46. The van der Waals surface area contributed by atoms with Crippen molar-refractivity contribution >= 4 is 0 Å². The molecule has 0 spiro atoms. The Morgan fingerprint density at radius 1 is 1.15 bits per heavy atom. The van der Waals surface area contributed by atoms with Crippen LogP contribution in [0.4, 0.5) is 0 Å². The topological polar surface area (TPSA) is 12.0 Å². The van der Waals surface area contributed by atoms with Crippen LogP contribution in [0.1, 0.15) is 63.5 Å². The highest BCUT2D eigenvalue weighted by Gasteiger charge is 2.38. The molecule has 1 nitrogen and oxygen atoms in total. The maximum atomic E-state index is 3.66. The number of rotatable bonds is 7. The Morgan fingerprint density at radius 3 is 2.65 bits per heavy atom. The lowest BCUT2D eigenvalue weighted by Crippen LogP contribution is -2.21. The van der Waals surface area contributed by atoms with E-state index in [0.717, 1.165) is 24.3 Å². The summed E-state index contributed by atoms with van der Waals surface area (Å²) in [7, 11) is 0. The van der Waals surface area contributed by atoms with Crippen LogP contribution >= 0.6 is 0 Å². The molecule has 2 fully saturated rings. The van der Waals surface area contributed by atoms with E-state index in [-0.39, 0.29) is 0 Å². The minimum absolute atomic E-state index is 0.555. The second-order valence-corrected chi connectivity index (χ2v) is 6.89. The van der Waals surface area contributed by atoms with Gasteiger partial charge in [0, 0.05) is 6.04 Å². The van der Waals surface area contributed by atoms with Crippen LogP contribution in [0.2, 0.25) is 0 Å². The highest BCUT2D eigenvalue weighted by Crippen LogP contribution is 2.50. The first-order valence-corrected chi connectivity index (χ1v) is 8.65. The SMILES string of the molecule is CCNC(CCCC1CC2CCC1C2)c1ccccc1. The normalized spacial score (nSPS) is 29.8. The summed E-state index contributed by atoms with van der Waals surface area (Å²) in [6.07, 6.45) is 10.3. The van der Waals surface area contributed by atoms with Crippen molar-refractivity contribution < 1.29 is 0 Å². The Kier molecular flexibility index (Phi) is 4.77. The first-order valence-electron chi connectivity index (χ1n) is 8.65. The molecular weight excluding hydrogens is 242 g/mol. The summed E-state index contributed by atoms with van der Waals surface area (Å²) < 4.78 is 0. The molecule has 4 atom stereocenters. The van der Waals surface area contributed by atoms with Crippen LogP contribution < -0.4 is 5.32 Å². The van der Waals surface area contributed by atoms with Crippen molar-refractivity contribution in [3.63, 3.8) is 0 Å². The van der Waals surface area contributed by atoms with E-state index in [1.54, 1.807) is 12.8 Å². The second kappa shape index (κ2) is 6.76. The van der Waals surface area contributed by atoms with Crippen LogP contribution in [0.5, 0.6) is 0 Å². The maximum absolute atomic E-state index is 3.66. The van der Waals surface area contributed by atoms with Gasteiger partial charge in [0.2, 0.25) is 0 Å². The first-order chi connectivity index (χ1) is 9.86. The summed E-state index contributed by atoms with van der Waals surface area (Å²) in [6, 6.07) is 11.5. The van der Waals surface area contributed by atoms with Gasteiger partial charge in [0.05, 0.1) is 0 Å². The molecule has 0 amide bonds. The monoisotopic (exact) mass is 271 g/mol. The highest BCUT2D eigenvalue weighted by molar-refractivity contribution is 5.18. The zero-order chi connectivity index (χ0) is 13.8. The minimum atomic E-state index is 0.555. The lowest BCUT2D eigenvalue weighted by Gasteiger charge is -2.23. The zero-order valence-electron chi connectivity index (χ0n) is 12.9. The Hall–Kier alpha value is -0.820. The highest BCUT2D eigenvalue weighted by atomic mass is 14.9. The number of nitrogens with one attached hydrogen (secondary N) is 1. The first kappa shape index (κ1) is 14.1. The molecule has 1 heteroatoms. The van der Waals surface area contributed by atoms with Gasteiger partial charge in [-0.05, 0) is 55.5 Å². The van der Waals surface area contributed by atoms with Gasteiger partial charge >= 0.3 is 0 Å². The number of hydrogen-bond donors (Lipinski definition) is 1. The molecule has 4 unspecified atom stereocenters. The summed E-state index contributed by atoms with van der Waals surface area (Å²) in [6.45, 7) is 3.28. The fourth-order valence-corrected chi connectivity index (χ4v) is 4.63. The van der Waals surface area contributed by atoms with Gasteiger partial charge in [-0.25, -0.2) is 0 Å². The van der Waals surface area contributed by atoms with E-state index in [0.29, 0.717) is 6.04 Å². The number of benzene rings is 1. The minimum Gasteiger partial charge on any atom is -0.310 e. The largest absolute Gasteiger partial charge is 0.310 e. The van der Waals surface area contributed by atoms with Gasteiger partial charge in [-0.1, -0.05) is 56.5 Å². The quantitative estimate of drug-likeness (QED) is 0.740. The summed E-state index contributed by atoms with van der Waals surface area (Å²) in [5.74, 6) is 3.25. The van der Waals surface area contributed by atoms with Gasteiger partial charge < -0.3 is 5.32 Å². The van der Waals surface area contributed by atoms with Crippen molar-refractivity contribution in [1.82, 2.24) is 5.32 Å². The molecule has 2 saturated carbocycles. The molecule has 0 aliphatic heterocycles. The molecule has 2 bridgehead atoms. The summed E-state index contributed by atoms with van der Waals surface area (Å²) >= 11 is 0. The van der Waals surface area contributed by atoms with Crippen molar-refractivity contribution in [3.05, 3.63) is 35.9 Å². The average Bonchev–Trinajstić information content (AvgIpc) is 3.10. The Balaban J connectivity index is 1.48.